The first-order valence-electron chi connectivity index (χ1n) is 16.7. The van der Waals surface area contributed by atoms with Crippen LogP contribution in [0.2, 0.25) is 0 Å². The van der Waals surface area contributed by atoms with Crippen LogP contribution in [0.3, 0.4) is 0 Å². The van der Waals surface area contributed by atoms with Crippen molar-refractivity contribution in [1.29, 1.82) is 5.26 Å². The van der Waals surface area contributed by atoms with Gasteiger partial charge in [0.05, 0.1) is 29.0 Å². The number of nitrogens with zero attached hydrogens (tertiary/aromatic N) is 9. The number of alkyl halides is 5. The molecule has 1 aliphatic carbocycles. The van der Waals surface area contributed by atoms with Gasteiger partial charge in [-0.1, -0.05) is 38.1 Å². The second kappa shape index (κ2) is 14.6. The number of hydrogen-bond donors (Lipinski definition) is 0. The fourth-order valence-electron chi connectivity index (χ4n) is 5.72. The van der Waals surface area contributed by atoms with Crippen LogP contribution in [0.15, 0.2) is 72.8 Å². The van der Waals surface area contributed by atoms with Crippen LogP contribution in [0.25, 0.3) is 33.8 Å². The number of benzene rings is 2. The average molecular weight is 720 g/mol. The molecule has 0 bridgehead atoms. The maximum atomic E-state index is 13.6. The predicted octanol–water partition coefficient (Wildman–Crippen LogP) is 7.90. The van der Waals surface area contributed by atoms with Crippen molar-refractivity contribution in [2.75, 3.05) is 6.61 Å². The maximum Gasteiger partial charge on any atom is 0.573 e. The summed E-state index contributed by atoms with van der Waals surface area (Å²) >= 11 is 0. The Balaban J connectivity index is 0.000000171. The monoisotopic (exact) mass is 719 g/mol. The number of hydrogen-bond acceptors (Lipinski definition) is 9. The summed E-state index contributed by atoms with van der Waals surface area (Å²) in [6, 6.07) is 22.3. The van der Waals surface area contributed by atoms with Crippen molar-refractivity contribution in [3.8, 4) is 34.3 Å². The van der Waals surface area contributed by atoms with Gasteiger partial charge in [0, 0.05) is 31.1 Å². The molecular formula is C36H34F5N9O2. The lowest BCUT2D eigenvalue weighted by atomic mass is 9.96. The molecule has 1 aliphatic heterocycles. The highest BCUT2D eigenvalue weighted by molar-refractivity contribution is 5.62. The predicted molar refractivity (Wildman–Crippen MR) is 179 cm³/mol. The van der Waals surface area contributed by atoms with Crippen molar-refractivity contribution in [3.63, 3.8) is 0 Å². The molecule has 0 spiro atoms. The molecule has 1 unspecified atom stereocenters. The molecule has 1 saturated heterocycles. The van der Waals surface area contributed by atoms with E-state index in [1.165, 1.54) is 24.3 Å². The first-order chi connectivity index (χ1) is 24.9. The van der Waals surface area contributed by atoms with Crippen molar-refractivity contribution in [2.24, 2.45) is 0 Å². The highest BCUT2D eigenvalue weighted by Crippen LogP contribution is 2.47. The van der Waals surface area contributed by atoms with Crippen LogP contribution in [0.1, 0.15) is 63.7 Å². The van der Waals surface area contributed by atoms with E-state index in [0.29, 0.717) is 34.8 Å². The zero-order chi connectivity index (χ0) is 37.1. The van der Waals surface area contributed by atoms with Gasteiger partial charge in [0.15, 0.2) is 17.1 Å². The Labute approximate surface area is 295 Å². The molecular weight excluding hydrogens is 685 g/mol. The molecule has 1 saturated carbocycles. The van der Waals surface area contributed by atoms with Crippen LogP contribution in [0, 0.1) is 11.3 Å². The first-order valence-corrected chi connectivity index (χ1v) is 16.7. The molecule has 11 nitrogen and oxygen atoms in total. The average Bonchev–Trinajstić information content (AvgIpc) is 3.41. The standard InChI is InChI=1S/C17H15F3N4O2.C17H13F2N5.C2H6/c18-17(19,20)26-12-5-3-11(4-6-12)14-7-8-15-21-22-16(24(15)23-14)10-13-2-1-9-25-13;1-16(18,19)15-22-21-14-7-6-13(23-24(14)15)11-2-4-12(5-3-11)17(10-20)8-9-17;1-2/h3-8,13H,1-2,9-10H2;2-7H,8-9H2,1H3;1-2H3. The normalized spacial score (nSPS) is 16.4. The lowest BCUT2D eigenvalue weighted by Gasteiger charge is -2.09. The second-order valence-corrected chi connectivity index (χ2v) is 12.2. The molecule has 0 radical (unpaired) electrons. The van der Waals surface area contributed by atoms with Crippen LogP contribution in [-0.4, -0.2) is 58.7 Å². The fraction of sp³-hybridized carbons (Fsp3) is 0.361. The molecule has 5 heterocycles. The molecule has 0 amide bonds. The van der Waals surface area contributed by atoms with E-state index < -0.39 is 18.1 Å². The summed E-state index contributed by atoms with van der Waals surface area (Å²) in [7, 11) is 0. The molecule has 1 atom stereocenters. The van der Waals surface area contributed by atoms with E-state index in [0.717, 1.165) is 54.9 Å². The van der Waals surface area contributed by atoms with Crippen molar-refractivity contribution in [1.82, 2.24) is 39.6 Å². The van der Waals surface area contributed by atoms with Gasteiger partial charge in [-0.2, -0.15) is 33.3 Å². The lowest BCUT2D eigenvalue weighted by Crippen LogP contribution is -2.16. The smallest absolute Gasteiger partial charge is 0.406 e. The van der Waals surface area contributed by atoms with Crippen molar-refractivity contribution >= 4 is 11.3 Å². The first kappa shape index (κ1) is 36.2. The van der Waals surface area contributed by atoms with E-state index in [1.807, 2.05) is 38.1 Å². The van der Waals surface area contributed by atoms with Crippen LogP contribution < -0.4 is 4.74 Å². The highest BCUT2D eigenvalue weighted by atomic mass is 19.4. The maximum absolute atomic E-state index is 13.6. The Hall–Kier alpha value is -5.56. The van der Waals surface area contributed by atoms with E-state index in [-0.39, 0.29) is 22.9 Å². The number of fused-ring (bicyclic) bond motifs is 2. The van der Waals surface area contributed by atoms with E-state index in [2.05, 4.69) is 41.4 Å². The largest absolute Gasteiger partial charge is 0.573 e. The number of ether oxygens (including phenoxy) is 2. The number of nitriles is 1. The minimum absolute atomic E-state index is 0.117. The third-order valence-corrected chi connectivity index (χ3v) is 8.50. The van der Waals surface area contributed by atoms with E-state index in [1.54, 1.807) is 28.8 Å². The topological polar surface area (TPSA) is 128 Å². The van der Waals surface area contributed by atoms with Gasteiger partial charge in [-0.15, -0.1) is 33.6 Å². The van der Waals surface area contributed by atoms with Gasteiger partial charge in [0.1, 0.15) is 5.75 Å². The summed E-state index contributed by atoms with van der Waals surface area (Å²) in [5.74, 6) is -3.19. The molecule has 8 rings (SSSR count). The summed E-state index contributed by atoms with van der Waals surface area (Å²) < 4.78 is 76.2. The fourth-order valence-corrected chi connectivity index (χ4v) is 5.72. The summed E-state index contributed by atoms with van der Waals surface area (Å²) in [6.07, 6.45) is -0.201. The molecule has 2 aliphatic rings. The second-order valence-electron chi connectivity index (χ2n) is 12.2. The number of rotatable bonds is 7. The van der Waals surface area contributed by atoms with Gasteiger partial charge < -0.3 is 9.47 Å². The van der Waals surface area contributed by atoms with Crippen LogP contribution in [0.4, 0.5) is 22.0 Å². The Bertz CT molecular complexity index is 2180. The Morgan fingerprint density at radius 2 is 1.38 bits per heavy atom. The molecule has 52 heavy (non-hydrogen) atoms. The van der Waals surface area contributed by atoms with Crippen LogP contribution in [-0.2, 0) is 22.5 Å². The van der Waals surface area contributed by atoms with E-state index >= 15 is 0 Å². The van der Waals surface area contributed by atoms with Crippen LogP contribution >= 0.6 is 0 Å². The van der Waals surface area contributed by atoms with Gasteiger partial charge in [-0.05, 0) is 79.8 Å². The van der Waals surface area contributed by atoms with E-state index in [9.17, 15) is 27.2 Å². The molecule has 2 fully saturated rings. The molecule has 16 heteroatoms. The number of aromatic nitrogens is 8. The third-order valence-electron chi connectivity index (χ3n) is 8.50. The Morgan fingerprint density at radius 1 is 0.808 bits per heavy atom. The van der Waals surface area contributed by atoms with Crippen molar-refractivity contribution in [3.05, 3.63) is 90.0 Å². The highest BCUT2D eigenvalue weighted by Gasteiger charge is 2.44. The summed E-state index contributed by atoms with van der Waals surface area (Å²) in [4.78, 5) is 0. The van der Waals surface area contributed by atoms with Gasteiger partial charge in [0.25, 0.3) is 0 Å². The molecule has 4 aromatic heterocycles. The molecule has 270 valence electrons. The summed E-state index contributed by atoms with van der Waals surface area (Å²) in [6.45, 7) is 5.52. The van der Waals surface area contributed by atoms with E-state index in [4.69, 9.17) is 4.74 Å². The Morgan fingerprint density at radius 3 is 1.92 bits per heavy atom. The molecule has 2 aromatic carbocycles. The van der Waals surface area contributed by atoms with Gasteiger partial charge >= 0.3 is 12.3 Å². The molecule has 6 aromatic rings. The van der Waals surface area contributed by atoms with Crippen molar-refractivity contribution < 1.29 is 31.4 Å². The zero-order valence-electron chi connectivity index (χ0n) is 28.5. The number of halogens is 5. The SMILES string of the molecule is CC.CC(F)(F)c1nnc2ccc(-c3ccc(C4(C#N)CC4)cc3)nn12.FC(F)(F)Oc1ccc(-c2ccc3nnc(CC4CCCO4)n3n2)cc1. The minimum atomic E-state index is -4.71. The quantitative estimate of drug-likeness (QED) is 0.151. The van der Waals surface area contributed by atoms with Gasteiger partial charge in [-0.3, -0.25) is 0 Å². The van der Waals surface area contributed by atoms with Crippen LogP contribution in [0.5, 0.6) is 5.75 Å². The molecule has 0 N–H and O–H groups in total. The summed E-state index contributed by atoms with van der Waals surface area (Å²) in [5, 5.41) is 33.5. The lowest BCUT2D eigenvalue weighted by molar-refractivity contribution is -0.274. The van der Waals surface area contributed by atoms with Gasteiger partial charge in [-0.25, -0.2) is 0 Å². The Kier molecular flexibility index (Phi) is 10.2. The third kappa shape index (κ3) is 7.99. The summed E-state index contributed by atoms with van der Waals surface area (Å²) in [5.41, 5.74) is 4.12. The minimum Gasteiger partial charge on any atom is -0.406 e. The van der Waals surface area contributed by atoms with Crippen molar-refractivity contribution in [2.45, 2.75) is 76.7 Å². The zero-order valence-corrected chi connectivity index (χ0v) is 28.5. The van der Waals surface area contributed by atoms with Gasteiger partial charge in [0.2, 0.25) is 5.82 Å².